The van der Waals surface area contributed by atoms with E-state index in [2.05, 4.69) is 23.2 Å². The van der Waals surface area contributed by atoms with E-state index in [0.29, 0.717) is 6.04 Å². The van der Waals surface area contributed by atoms with Gasteiger partial charge in [0.25, 0.3) is 0 Å². The van der Waals surface area contributed by atoms with Crippen LogP contribution in [0.25, 0.3) is 0 Å². The number of nitrogens with zero attached hydrogens (tertiary/aromatic N) is 1. The van der Waals surface area contributed by atoms with E-state index in [9.17, 15) is 0 Å². The average molecular weight is 236 g/mol. The maximum absolute atomic E-state index is 5.37. The molecule has 1 atom stereocenters. The van der Waals surface area contributed by atoms with Gasteiger partial charge in [-0.05, 0) is 44.5 Å². The van der Waals surface area contributed by atoms with Crippen LogP contribution < -0.4 is 5.32 Å². The Morgan fingerprint density at radius 1 is 1.53 bits per heavy atom. The molecule has 1 aromatic rings. The summed E-state index contributed by atoms with van der Waals surface area (Å²) in [5.74, 6) is 1.11. The number of nitrogens with one attached hydrogen (secondary N) is 1. The minimum Gasteiger partial charge on any atom is -0.469 e. The first kappa shape index (κ1) is 12.7. The van der Waals surface area contributed by atoms with Crippen LogP contribution in [0.15, 0.2) is 22.8 Å². The summed E-state index contributed by atoms with van der Waals surface area (Å²) in [6.07, 6.45) is 6.67. The first-order chi connectivity index (χ1) is 8.38. The molecule has 1 unspecified atom stereocenters. The Labute approximate surface area is 104 Å². The van der Waals surface area contributed by atoms with Crippen molar-refractivity contribution in [1.82, 2.24) is 10.2 Å². The Kier molecular flexibility index (Phi) is 5.08. The standard InChI is InChI=1S/C14H24N2O/c1-2-8-15-13-5-3-9-16(12-13)10-7-14-6-4-11-17-14/h4,6,11,13,15H,2-3,5,7-10,12H2,1H3. The van der Waals surface area contributed by atoms with E-state index in [1.54, 1.807) is 6.26 Å². The fourth-order valence-corrected chi connectivity index (χ4v) is 2.50. The quantitative estimate of drug-likeness (QED) is 0.821. The third-order valence-corrected chi connectivity index (χ3v) is 3.44. The second-order valence-corrected chi connectivity index (χ2v) is 4.92. The van der Waals surface area contributed by atoms with Crippen molar-refractivity contribution in [2.75, 3.05) is 26.2 Å². The van der Waals surface area contributed by atoms with Gasteiger partial charge in [0, 0.05) is 25.6 Å². The van der Waals surface area contributed by atoms with Crippen LogP contribution in [0.1, 0.15) is 31.9 Å². The van der Waals surface area contributed by atoms with E-state index in [4.69, 9.17) is 4.42 Å². The summed E-state index contributed by atoms with van der Waals surface area (Å²) < 4.78 is 5.37. The zero-order valence-electron chi connectivity index (χ0n) is 10.8. The Morgan fingerprint density at radius 2 is 2.47 bits per heavy atom. The molecule has 0 aliphatic carbocycles. The van der Waals surface area contributed by atoms with E-state index in [1.165, 1.54) is 32.4 Å². The van der Waals surface area contributed by atoms with E-state index in [1.807, 2.05) is 6.07 Å². The molecule has 0 spiro atoms. The molecule has 2 heterocycles. The third-order valence-electron chi connectivity index (χ3n) is 3.44. The first-order valence-corrected chi connectivity index (χ1v) is 6.86. The highest BCUT2D eigenvalue weighted by atomic mass is 16.3. The fourth-order valence-electron chi connectivity index (χ4n) is 2.50. The molecule has 3 heteroatoms. The van der Waals surface area contributed by atoms with Crippen molar-refractivity contribution in [1.29, 1.82) is 0 Å². The SMILES string of the molecule is CCCNC1CCCN(CCc2ccco2)C1. The summed E-state index contributed by atoms with van der Waals surface area (Å²) in [4.78, 5) is 2.55. The van der Waals surface area contributed by atoms with Crippen LogP contribution >= 0.6 is 0 Å². The molecule has 1 saturated heterocycles. The summed E-state index contributed by atoms with van der Waals surface area (Å²) >= 11 is 0. The molecule has 1 aliphatic rings. The average Bonchev–Trinajstić information content (AvgIpc) is 2.87. The van der Waals surface area contributed by atoms with Gasteiger partial charge in [0.2, 0.25) is 0 Å². The van der Waals surface area contributed by atoms with Gasteiger partial charge in [-0.15, -0.1) is 0 Å². The van der Waals surface area contributed by atoms with Gasteiger partial charge in [0.05, 0.1) is 6.26 Å². The molecule has 1 fully saturated rings. The summed E-state index contributed by atoms with van der Waals surface area (Å²) in [5.41, 5.74) is 0. The van der Waals surface area contributed by atoms with E-state index >= 15 is 0 Å². The van der Waals surface area contributed by atoms with E-state index in [0.717, 1.165) is 25.3 Å². The van der Waals surface area contributed by atoms with Gasteiger partial charge in [0.15, 0.2) is 0 Å². The van der Waals surface area contributed by atoms with Crippen molar-refractivity contribution < 1.29 is 4.42 Å². The zero-order valence-corrected chi connectivity index (χ0v) is 10.8. The highest BCUT2D eigenvalue weighted by Gasteiger charge is 2.18. The molecule has 1 aromatic heterocycles. The minimum absolute atomic E-state index is 0.695. The van der Waals surface area contributed by atoms with Gasteiger partial charge in [-0.3, -0.25) is 0 Å². The van der Waals surface area contributed by atoms with Crippen molar-refractivity contribution in [3.05, 3.63) is 24.2 Å². The maximum Gasteiger partial charge on any atom is 0.105 e. The van der Waals surface area contributed by atoms with Crippen LogP contribution in [0.5, 0.6) is 0 Å². The van der Waals surface area contributed by atoms with Crippen LogP contribution in [0.2, 0.25) is 0 Å². The van der Waals surface area contributed by atoms with Crippen molar-refractivity contribution in [2.45, 2.75) is 38.6 Å². The smallest absolute Gasteiger partial charge is 0.105 e. The summed E-state index contributed by atoms with van der Waals surface area (Å²) in [6.45, 7) is 6.94. The molecule has 0 saturated carbocycles. The van der Waals surface area contributed by atoms with Crippen LogP contribution in [0.4, 0.5) is 0 Å². The Hall–Kier alpha value is -0.800. The second kappa shape index (κ2) is 6.82. The number of hydrogen-bond acceptors (Lipinski definition) is 3. The molecule has 0 bridgehead atoms. The van der Waals surface area contributed by atoms with Crippen molar-refractivity contribution in [3.8, 4) is 0 Å². The summed E-state index contributed by atoms with van der Waals surface area (Å²) in [6, 6.07) is 4.73. The Bertz CT molecular complexity index is 297. The summed E-state index contributed by atoms with van der Waals surface area (Å²) in [5, 5.41) is 3.63. The zero-order chi connectivity index (χ0) is 11.9. The number of likely N-dealkylation sites (tertiary alicyclic amines) is 1. The maximum atomic E-state index is 5.37. The van der Waals surface area contributed by atoms with Gasteiger partial charge in [-0.25, -0.2) is 0 Å². The van der Waals surface area contributed by atoms with E-state index in [-0.39, 0.29) is 0 Å². The van der Waals surface area contributed by atoms with Gasteiger partial charge in [0.1, 0.15) is 5.76 Å². The van der Waals surface area contributed by atoms with Crippen LogP contribution in [-0.2, 0) is 6.42 Å². The molecule has 2 rings (SSSR count). The van der Waals surface area contributed by atoms with Crippen molar-refractivity contribution >= 4 is 0 Å². The molecule has 3 nitrogen and oxygen atoms in total. The molecule has 1 N–H and O–H groups in total. The number of hydrogen-bond donors (Lipinski definition) is 1. The van der Waals surface area contributed by atoms with Crippen molar-refractivity contribution in [3.63, 3.8) is 0 Å². The molecule has 1 aliphatic heterocycles. The normalized spacial score (nSPS) is 21.8. The monoisotopic (exact) mass is 236 g/mol. The van der Waals surface area contributed by atoms with Gasteiger partial charge in [-0.1, -0.05) is 6.92 Å². The highest BCUT2D eigenvalue weighted by molar-refractivity contribution is 4.98. The summed E-state index contributed by atoms with van der Waals surface area (Å²) in [7, 11) is 0. The largest absolute Gasteiger partial charge is 0.469 e. The number of rotatable bonds is 6. The predicted molar refractivity (Wildman–Crippen MR) is 70.2 cm³/mol. The van der Waals surface area contributed by atoms with Crippen LogP contribution in [-0.4, -0.2) is 37.1 Å². The lowest BCUT2D eigenvalue weighted by atomic mass is 10.1. The van der Waals surface area contributed by atoms with Gasteiger partial charge in [-0.2, -0.15) is 0 Å². The molecule has 0 radical (unpaired) electrons. The Balaban J connectivity index is 1.69. The molecule has 0 aromatic carbocycles. The first-order valence-electron chi connectivity index (χ1n) is 6.86. The van der Waals surface area contributed by atoms with Crippen molar-refractivity contribution in [2.24, 2.45) is 0 Å². The van der Waals surface area contributed by atoms with Crippen LogP contribution in [0.3, 0.4) is 0 Å². The molecular weight excluding hydrogens is 212 g/mol. The molecule has 17 heavy (non-hydrogen) atoms. The highest BCUT2D eigenvalue weighted by Crippen LogP contribution is 2.11. The Morgan fingerprint density at radius 3 is 3.24 bits per heavy atom. The van der Waals surface area contributed by atoms with Gasteiger partial charge < -0.3 is 14.6 Å². The minimum atomic E-state index is 0.695. The number of furan rings is 1. The third kappa shape index (κ3) is 4.17. The lowest BCUT2D eigenvalue weighted by Crippen LogP contribution is -2.46. The van der Waals surface area contributed by atoms with Crippen LogP contribution in [0, 0.1) is 0 Å². The lowest BCUT2D eigenvalue weighted by molar-refractivity contribution is 0.190. The second-order valence-electron chi connectivity index (χ2n) is 4.92. The van der Waals surface area contributed by atoms with E-state index < -0.39 is 0 Å². The molecule has 96 valence electrons. The molecule has 0 amide bonds. The molecular formula is C14H24N2O. The predicted octanol–water partition coefficient (Wildman–Crippen LogP) is 2.29. The van der Waals surface area contributed by atoms with Gasteiger partial charge >= 0.3 is 0 Å². The topological polar surface area (TPSA) is 28.4 Å². The lowest BCUT2D eigenvalue weighted by Gasteiger charge is -2.33. The number of piperidine rings is 1. The fraction of sp³-hybridized carbons (Fsp3) is 0.714.